The Bertz CT molecular complexity index is 784. The Morgan fingerprint density at radius 2 is 1.29 bits per heavy atom. The summed E-state index contributed by atoms with van der Waals surface area (Å²) in [5.74, 6) is -0.146. The van der Waals surface area contributed by atoms with E-state index in [0.717, 1.165) is 0 Å². The van der Waals surface area contributed by atoms with Crippen LogP contribution in [0.15, 0.2) is 66.7 Å². The summed E-state index contributed by atoms with van der Waals surface area (Å²) in [6, 6.07) is 18.5. The van der Waals surface area contributed by atoms with Crippen LogP contribution in [-0.2, 0) is 6.18 Å². The highest BCUT2D eigenvalue weighted by atomic mass is 35.5. The van der Waals surface area contributed by atoms with Gasteiger partial charge in [0.15, 0.2) is 5.69 Å². The lowest BCUT2D eigenvalue weighted by Crippen LogP contribution is -2.17. The number of aromatic nitrogens is 2. The van der Waals surface area contributed by atoms with Crippen LogP contribution in [0.5, 0.6) is 0 Å². The second-order valence-corrected chi connectivity index (χ2v) is 5.27. The number of rotatable bonds is 3. The monoisotopic (exact) mass is 349 g/mol. The van der Waals surface area contributed by atoms with Crippen LogP contribution < -0.4 is 4.90 Å². The number of halogens is 4. The number of anilines is 3. The largest absolute Gasteiger partial charge is 0.433 e. The molecule has 0 aliphatic rings. The Balaban J connectivity index is 2.19. The number of para-hydroxylation sites is 2. The molecule has 0 N–H and O–H groups in total. The van der Waals surface area contributed by atoms with Gasteiger partial charge in [0.25, 0.3) is 0 Å². The van der Waals surface area contributed by atoms with E-state index in [1.807, 2.05) is 12.1 Å². The molecule has 0 saturated heterocycles. The van der Waals surface area contributed by atoms with E-state index >= 15 is 0 Å². The smallest absolute Gasteiger partial charge is 0.279 e. The van der Waals surface area contributed by atoms with Gasteiger partial charge in [-0.15, -0.1) is 0 Å². The predicted molar refractivity (Wildman–Crippen MR) is 86.7 cm³/mol. The van der Waals surface area contributed by atoms with Crippen LogP contribution in [0.3, 0.4) is 0 Å². The highest BCUT2D eigenvalue weighted by molar-refractivity contribution is 6.29. The zero-order valence-corrected chi connectivity index (χ0v) is 13.0. The van der Waals surface area contributed by atoms with E-state index in [1.54, 1.807) is 48.5 Å². The number of benzene rings is 2. The molecule has 122 valence electrons. The van der Waals surface area contributed by atoms with Crippen LogP contribution in [0.4, 0.5) is 30.5 Å². The standard InChI is InChI=1S/C17H11ClF3N3/c18-15-11-14(17(19,20)21)22-16(23-15)24(12-7-3-1-4-8-12)13-9-5-2-6-10-13/h1-11H. The molecule has 3 rings (SSSR count). The average molecular weight is 350 g/mol. The number of alkyl halides is 3. The fourth-order valence-corrected chi connectivity index (χ4v) is 2.36. The molecule has 0 unspecified atom stereocenters. The van der Waals surface area contributed by atoms with Crippen LogP contribution in [0.25, 0.3) is 0 Å². The van der Waals surface area contributed by atoms with E-state index in [1.165, 1.54) is 4.90 Å². The first-order valence-corrected chi connectivity index (χ1v) is 7.35. The minimum absolute atomic E-state index is 0.146. The fourth-order valence-electron chi connectivity index (χ4n) is 2.18. The van der Waals surface area contributed by atoms with Crippen molar-refractivity contribution in [1.29, 1.82) is 0 Å². The van der Waals surface area contributed by atoms with Crippen molar-refractivity contribution in [2.24, 2.45) is 0 Å². The van der Waals surface area contributed by atoms with Gasteiger partial charge < -0.3 is 0 Å². The van der Waals surface area contributed by atoms with Crippen LogP contribution in [0, 0.1) is 0 Å². The van der Waals surface area contributed by atoms with E-state index in [9.17, 15) is 13.2 Å². The van der Waals surface area contributed by atoms with Gasteiger partial charge in [-0.3, -0.25) is 4.90 Å². The molecular formula is C17H11ClF3N3. The maximum Gasteiger partial charge on any atom is 0.433 e. The van der Waals surface area contributed by atoms with Gasteiger partial charge in [-0.05, 0) is 24.3 Å². The third-order valence-corrected chi connectivity index (χ3v) is 3.40. The zero-order chi connectivity index (χ0) is 17.2. The van der Waals surface area contributed by atoms with E-state index < -0.39 is 11.9 Å². The molecule has 0 spiro atoms. The van der Waals surface area contributed by atoms with E-state index in [2.05, 4.69) is 9.97 Å². The number of hydrogen-bond acceptors (Lipinski definition) is 3. The summed E-state index contributed by atoms with van der Waals surface area (Å²) in [5, 5.41) is -0.274. The van der Waals surface area contributed by atoms with Crippen LogP contribution in [0.1, 0.15) is 5.69 Å². The molecule has 0 atom stereocenters. The van der Waals surface area contributed by atoms with Gasteiger partial charge in [-0.1, -0.05) is 48.0 Å². The maximum absolute atomic E-state index is 13.0. The van der Waals surface area contributed by atoms with E-state index in [4.69, 9.17) is 11.6 Å². The van der Waals surface area contributed by atoms with Gasteiger partial charge >= 0.3 is 6.18 Å². The minimum Gasteiger partial charge on any atom is -0.279 e. The Morgan fingerprint density at radius 3 is 1.75 bits per heavy atom. The normalized spacial score (nSPS) is 11.3. The van der Waals surface area contributed by atoms with Gasteiger partial charge in [0.1, 0.15) is 5.15 Å². The van der Waals surface area contributed by atoms with Crippen molar-refractivity contribution in [3.05, 3.63) is 77.6 Å². The second-order valence-electron chi connectivity index (χ2n) is 4.88. The lowest BCUT2D eigenvalue weighted by molar-refractivity contribution is -0.141. The number of nitrogens with zero attached hydrogens (tertiary/aromatic N) is 3. The lowest BCUT2D eigenvalue weighted by atomic mass is 10.2. The Labute approximate surface area is 141 Å². The second kappa shape index (κ2) is 6.49. The van der Waals surface area contributed by atoms with Crippen LogP contribution in [-0.4, -0.2) is 9.97 Å². The lowest BCUT2D eigenvalue weighted by Gasteiger charge is -2.23. The Hall–Kier alpha value is -2.60. The molecule has 0 amide bonds. The molecule has 24 heavy (non-hydrogen) atoms. The van der Waals surface area contributed by atoms with E-state index in [0.29, 0.717) is 17.4 Å². The predicted octanol–water partition coefficient (Wildman–Crippen LogP) is 5.62. The quantitative estimate of drug-likeness (QED) is 0.575. The first-order valence-electron chi connectivity index (χ1n) is 6.97. The average Bonchev–Trinajstić information content (AvgIpc) is 2.56. The third kappa shape index (κ3) is 3.49. The van der Waals surface area contributed by atoms with E-state index in [-0.39, 0.29) is 11.1 Å². The highest BCUT2D eigenvalue weighted by Gasteiger charge is 2.34. The maximum atomic E-state index is 13.0. The topological polar surface area (TPSA) is 29.0 Å². The summed E-state index contributed by atoms with van der Waals surface area (Å²) in [5.41, 5.74) is 0.160. The molecular weight excluding hydrogens is 339 g/mol. The molecule has 7 heteroatoms. The fraction of sp³-hybridized carbons (Fsp3) is 0.0588. The molecule has 1 aromatic heterocycles. The highest BCUT2D eigenvalue weighted by Crippen LogP contribution is 2.35. The molecule has 3 aromatic rings. The van der Waals surface area contributed by atoms with Crippen LogP contribution in [0.2, 0.25) is 5.15 Å². The summed E-state index contributed by atoms with van der Waals surface area (Å²) in [6.45, 7) is 0. The summed E-state index contributed by atoms with van der Waals surface area (Å²) in [4.78, 5) is 9.16. The van der Waals surface area contributed by atoms with Crippen molar-refractivity contribution >= 4 is 28.9 Å². The summed E-state index contributed by atoms with van der Waals surface area (Å²) in [7, 11) is 0. The molecule has 3 nitrogen and oxygen atoms in total. The molecule has 0 aliphatic heterocycles. The zero-order valence-electron chi connectivity index (χ0n) is 12.2. The van der Waals surface area contributed by atoms with Crippen LogP contribution >= 0.6 is 11.6 Å². The van der Waals surface area contributed by atoms with Crippen molar-refractivity contribution in [1.82, 2.24) is 9.97 Å². The molecule has 0 saturated carbocycles. The van der Waals surface area contributed by atoms with Crippen molar-refractivity contribution < 1.29 is 13.2 Å². The Kier molecular flexibility index (Phi) is 4.40. The van der Waals surface area contributed by atoms with Crippen molar-refractivity contribution in [2.75, 3.05) is 4.90 Å². The summed E-state index contributed by atoms with van der Waals surface area (Å²) < 4.78 is 39.1. The van der Waals surface area contributed by atoms with Gasteiger partial charge in [-0.2, -0.15) is 13.2 Å². The van der Waals surface area contributed by atoms with Gasteiger partial charge in [0, 0.05) is 17.4 Å². The number of hydrogen-bond donors (Lipinski definition) is 0. The van der Waals surface area contributed by atoms with Gasteiger partial charge in [0.05, 0.1) is 0 Å². The summed E-state index contributed by atoms with van der Waals surface area (Å²) >= 11 is 5.80. The minimum atomic E-state index is -4.61. The third-order valence-electron chi connectivity index (χ3n) is 3.20. The summed E-state index contributed by atoms with van der Waals surface area (Å²) in [6.07, 6.45) is -4.61. The molecule has 1 heterocycles. The molecule has 0 aliphatic carbocycles. The molecule has 0 bridgehead atoms. The van der Waals surface area contributed by atoms with Gasteiger partial charge in [-0.25, -0.2) is 9.97 Å². The van der Waals surface area contributed by atoms with Gasteiger partial charge in [0.2, 0.25) is 5.95 Å². The van der Waals surface area contributed by atoms with Crippen molar-refractivity contribution in [3.8, 4) is 0 Å². The SMILES string of the molecule is FC(F)(F)c1cc(Cl)nc(N(c2ccccc2)c2ccccc2)n1. The first-order chi connectivity index (χ1) is 11.4. The Morgan fingerprint density at radius 1 is 0.792 bits per heavy atom. The molecule has 0 fully saturated rings. The van der Waals surface area contributed by atoms with Crippen molar-refractivity contribution in [3.63, 3.8) is 0 Å². The molecule has 2 aromatic carbocycles. The first kappa shape index (κ1) is 16.3. The van der Waals surface area contributed by atoms with Crippen molar-refractivity contribution in [2.45, 2.75) is 6.18 Å². The molecule has 0 radical (unpaired) electrons.